The summed E-state index contributed by atoms with van der Waals surface area (Å²) in [6.45, 7) is -0.410. The van der Waals surface area contributed by atoms with Crippen LogP contribution in [0.15, 0.2) is 9.95 Å². The Kier molecular flexibility index (Phi) is 3.44. The Morgan fingerprint density at radius 1 is 1.65 bits per heavy atom. The summed E-state index contributed by atoms with van der Waals surface area (Å²) in [7, 11) is 0. The second-order valence-electron chi connectivity index (χ2n) is 3.86. The molecule has 5 nitrogen and oxygen atoms in total. The molecule has 0 saturated heterocycles. The third-order valence-electron chi connectivity index (χ3n) is 2.54. The topological polar surface area (TPSA) is 72.2 Å². The fraction of sp³-hybridized carbons (Fsp3) is 0.500. The number of nitrogens with zero attached hydrogens (tertiary/aromatic N) is 2. The van der Waals surface area contributed by atoms with E-state index in [9.17, 15) is 9.59 Å². The summed E-state index contributed by atoms with van der Waals surface area (Å²) in [6.07, 6.45) is 3.73. The number of rotatable bonds is 4. The summed E-state index contributed by atoms with van der Waals surface area (Å²) in [5.41, 5.74) is 0.151. The fourth-order valence-corrected chi connectivity index (χ4v) is 2.44. The third kappa shape index (κ3) is 2.47. The maximum atomic E-state index is 12.0. The first-order valence-corrected chi connectivity index (χ1v) is 6.71. The van der Waals surface area contributed by atoms with Crippen molar-refractivity contribution >= 4 is 29.3 Å². The maximum absolute atomic E-state index is 12.0. The summed E-state index contributed by atoms with van der Waals surface area (Å²) in [5.74, 6) is -0.819. The van der Waals surface area contributed by atoms with Gasteiger partial charge in [0, 0.05) is 5.92 Å². The van der Waals surface area contributed by atoms with Crippen molar-refractivity contribution in [3.05, 3.63) is 21.1 Å². The van der Waals surface area contributed by atoms with E-state index in [0.29, 0.717) is 10.9 Å². The molecule has 0 unspecified atom stereocenters. The fourth-order valence-electron chi connectivity index (χ4n) is 1.59. The highest BCUT2D eigenvalue weighted by atomic mass is 35.5. The van der Waals surface area contributed by atoms with Crippen molar-refractivity contribution in [2.75, 3.05) is 6.26 Å². The third-order valence-corrected chi connectivity index (χ3v) is 3.58. The van der Waals surface area contributed by atoms with Gasteiger partial charge in [0.2, 0.25) is 0 Å². The number of thioether (sulfide) groups is 1. The number of carboxylic acid groups (broad SMARTS) is 1. The van der Waals surface area contributed by atoms with Crippen LogP contribution in [0.1, 0.15) is 24.5 Å². The Bertz CT molecular complexity index is 525. The molecule has 0 amide bonds. The van der Waals surface area contributed by atoms with E-state index >= 15 is 0 Å². The zero-order chi connectivity index (χ0) is 12.6. The minimum atomic E-state index is -1.08. The van der Waals surface area contributed by atoms with E-state index in [1.54, 1.807) is 6.26 Å². The average Bonchev–Trinajstić information content (AvgIpc) is 3.09. The minimum absolute atomic E-state index is 0.0616. The summed E-state index contributed by atoms with van der Waals surface area (Å²) < 4.78 is 1.10. The van der Waals surface area contributed by atoms with E-state index in [1.165, 1.54) is 11.8 Å². The van der Waals surface area contributed by atoms with Crippen LogP contribution in [0.4, 0.5) is 0 Å². The molecule has 0 spiro atoms. The van der Waals surface area contributed by atoms with Crippen molar-refractivity contribution < 1.29 is 9.90 Å². The molecule has 0 radical (unpaired) electrons. The lowest BCUT2D eigenvalue weighted by Crippen LogP contribution is -2.28. The highest BCUT2D eigenvalue weighted by molar-refractivity contribution is 7.98. The van der Waals surface area contributed by atoms with Gasteiger partial charge in [0.15, 0.2) is 5.16 Å². The van der Waals surface area contributed by atoms with E-state index in [4.69, 9.17) is 16.7 Å². The summed E-state index contributed by atoms with van der Waals surface area (Å²) in [6, 6.07) is 0. The molecular weight excluding hydrogens is 264 g/mol. The predicted octanol–water partition coefficient (Wildman–Crippen LogP) is 1.58. The van der Waals surface area contributed by atoms with Gasteiger partial charge in [0.1, 0.15) is 11.6 Å². The van der Waals surface area contributed by atoms with Gasteiger partial charge in [-0.25, -0.2) is 4.98 Å². The Morgan fingerprint density at radius 3 is 2.76 bits per heavy atom. The largest absolute Gasteiger partial charge is 0.480 e. The Labute approximate surface area is 107 Å². The second-order valence-corrected chi connectivity index (χ2v) is 5.01. The van der Waals surface area contributed by atoms with E-state index in [1.807, 2.05) is 0 Å². The Balaban J connectivity index is 2.54. The molecule has 1 N–H and O–H groups in total. The van der Waals surface area contributed by atoms with Crippen molar-refractivity contribution in [1.82, 2.24) is 9.55 Å². The number of hydrogen-bond donors (Lipinski definition) is 1. The average molecular weight is 275 g/mol. The number of carboxylic acids is 1. The molecule has 0 atom stereocenters. The lowest BCUT2D eigenvalue weighted by atomic mass is 10.3. The van der Waals surface area contributed by atoms with Crippen LogP contribution in [-0.4, -0.2) is 26.9 Å². The summed E-state index contributed by atoms with van der Waals surface area (Å²) in [5, 5.41) is 9.22. The van der Waals surface area contributed by atoms with Crippen molar-refractivity contribution in [1.29, 1.82) is 0 Å². The van der Waals surface area contributed by atoms with Crippen molar-refractivity contribution in [3.63, 3.8) is 0 Å². The van der Waals surface area contributed by atoms with Gasteiger partial charge >= 0.3 is 5.97 Å². The summed E-state index contributed by atoms with van der Waals surface area (Å²) >= 11 is 7.20. The van der Waals surface area contributed by atoms with Gasteiger partial charge in [-0.2, -0.15) is 0 Å². The van der Waals surface area contributed by atoms with Gasteiger partial charge < -0.3 is 5.11 Å². The molecule has 2 rings (SSSR count). The van der Waals surface area contributed by atoms with Crippen LogP contribution in [-0.2, 0) is 11.3 Å². The van der Waals surface area contributed by atoms with Crippen LogP contribution in [0.3, 0.4) is 0 Å². The standard InChI is InChI=1S/C10H11ClN2O3S/c1-17-10-12-8(5-2-3-5)7(11)9(16)13(10)4-6(14)15/h5H,2-4H2,1H3,(H,14,15). The van der Waals surface area contributed by atoms with Gasteiger partial charge in [0.25, 0.3) is 5.56 Å². The zero-order valence-corrected chi connectivity index (χ0v) is 10.7. The predicted molar refractivity (Wildman–Crippen MR) is 64.9 cm³/mol. The van der Waals surface area contributed by atoms with Crippen molar-refractivity contribution in [2.24, 2.45) is 0 Å². The molecule has 1 saturated carbocycles. The molecule has 92 valence electrons. The van der Waals surface area contributed by atoms with Gasteiger partial charge in [-0.3, -0.25) is 14.2 Å². The second kappa shape index (κ2) is 4.70. The normalized spacial score (nSPS) is 14.9. The van der Waals surface area contributed by atoms with Crippen LogP contribution in [0.5, 0.6) is 0 Å². The molecule has 1 aromatic rings. The van der Waals surface area contributed by atoms with Gasteiger partial charge in [0.05, 0.1) is 5.69 Å². The first-order chi connectivity index (χ1) is 8.04. The van der Waals surface area contributed by atoms with Gasteiger partial charge in [-0.05, 0) is 19.1 Å². The molecule has 1 aromatic heterocycles. The highest BCUT2D eigenvalue weighted by Gasteiger charge is 2.30. The molecule has 1 aliphatic rings. The smallest absolute Gasteiger partial charge is 0.323 e. The molecule has 7 heteroatoms. The quantitative estimate of drug-likeness (QED) is 0.667. The number of carbonyl (C=O) groups is 1. The highest BCUT2D eigenvalue weighted by Crippen LogP contribution is 2.41. The van der Waals surface area contributed by atoms with Gasteiger partial charge in [-0.1, -0.05) is 23.4 Å². The first kappa shape index (κ1) is 12.4. The van der Waals surface area contributed by atoms with Crippen molar-refractivity contribution in [3.8, 4) is 0 Å². The Hall–Kier alpha value is -1.01. The van der Waals surface area contributed by atoms with E-state index in [2.05, 4.69) is 4.98 Å². The molecule has 17 heavy (non-hydrogen) atoms. The number of aromatic nitrogens is 2. The molecule has 0 aromatic carbocycles. The van der Waals surface area contributed by atoms with Crippen LogP contribution >= 0.6 is 23.4 Å². The molecule has 1 heterocycles. The molecular formula is C10H11ClN2O3S. The number of aliphatic carboxylic acids is 1. The van der Waals surface area contributed by atoms with Crippen LogP contribution in [0.25, 0.3) is 0 Å². The van der Waals surface area contributed by atoms with Gasteiger partial charge in [-0.15, -0.1) is 0 Å². The van der Waals surface area contributed by atoms with E-state index in [-0.39, 0.29) is 10.9 Å². The Morgan fingerprint density at radius 2 is 2.29 bits per heavy atom. The molecule has 1 fully saturated rings. The molecule has 0 aliphatic heterocycles. The van der Waals surface area contributed by atoms with E-state index < -0.39 is 18.1 Å². The van der Waals surface area contributed by atoms with Crippen LogP contribution in [0.2, 0.25) is 5.02 Å². The van der Waals surface area contributed by atoms with E-state index in [0.717, 1.165) is 17.4 Å². The minimum Gasteiger partial charge on any atom is -0.480 e. The van der Waals surface area contributed by atoms with Crippen LogP contribution in [0, 0.1) is 0 Å². The van der Waals surface area contributed by atoms with Crippen LogP contribution < -0.4 is 5.56 Å². The maximum Gasteiger partial charge on any atom is 0.323 e. The summed E-state index contributed by atoms with van der Waals surface area (Å²) in [4.78, 5) is 26.9. The van der Waals surface area contributed by atoms with Crippen molar-refractivity contribution in [2.45, 2.75) is 30.5 Å². The zero-order valence-electron chi connectivity index (χ0n) is 9.14. The SMILES string of the molecule is CSc1nc(C2CC2)c(Cl)c(=O)n1CC(=O)O. The number of halogens is 1. The molecule has 1 aliphatic carbocycles. The lowest BCUT2D eigenvalue weighted by molar-refractivity contribution is -0.137. The first-order valence-electron chi connectivity index (χ1n) is 5.10. The monoisotopic (exact) mass is 274 g/mol. The number of hydrogen-bond acceptors (Lipinski definition) is 4. The lowest BCUT2D eigenvalue weighted by Gasteiger charge is -2.11. The molecule has 0 bridgehead atoms.